The minimum Gasteiger partial charge on any atom is -0.356 e. The number of fused-ring (bicyclic) bond motifs is 1. The van der Waals surface area contributed by atoms with Crippen LogP contribution in [0.25, 0.3) is 0 Å². The lowest BCUT2D eigenvalue weighted by molar-refractivity contribution is -0.124. The second-order valence-corrected chi connectivity index (χ2v) is 3.48. The van der Waals surface area contributed by atoms with E-state index in [0.29, 0.717) is 36.9 Å². The van der Waals surface area contributed by atoms with Gasteiger partial charge in [0.05, 0.1) is 0 Å². The van der Waals surface area contributed by atoms with Gasteiger partial charge >= 0.3 is 0 Å². The third-order valence-electron chi connectivity index (χ3n) is 2.66. The third-order valence-corrected chi connectivity index (χ3v) is 2.66. The van der Waals surface area contributed by atoms with Crippen LogP contribution < -0.4 is 5.32 Å². The van der Waals surface area contributed by atoms with E-state index in [-0.39, 0.29) is 5.91 Å². The molecule has 0 radical (unpaired) electrons. The molecule has 1 N–H and O–H groups in total. The molecule has 0 aromatic carbocycles. The summed E-state index contributed by atoms with van der Waals surface area (Å²) in [6.07, 6.45) is 1.89. The maximum absolute atomic E-state index is 11.0. The number of carbonyl (C=O) groups excluding carboxylic acids is 2. The summed E-state index contributed by atoms with van der Waals surface area (Å²) in [5.74, 6) is 1.24. The van der Waals surface area contributed by atoms with Crippen LogP contribution in [0.5, 0.6) is 0 Å². The molecule has 60 valence electrons. The summed E-state index contributed by atoms with van der Waals surface area (Å²) in [6, 6.07) is 0. The van der Waals surface area contributed by atoms with E-state index in [1.54, 1.807) is 0 Å². The summed E-state index contributed by atoms with van der Waals surface area (Å²) in [7, 11) is 0. The molecular formula is C8H11NO2. The van der Waals surface area contributed by atoms with E-state index in [4.69, 9.17) is 0 Å². The number of ketones is 1. The Morgan fingerprint density at radius 1 is 1.09 bits per heavy atom. The lowest BCUT2D eigenvalue weighted by Gasteiger charge is -2.24. The van der Waals surface area contributed by atoms with Crippen LogP contribution in [0.4, 0.5) is 0 Å². The first-order chi connectivity index (χ1) is 5.25. The maximum atomic E-state index is 11.0. The average molecular weight is 153 g/mol. The molecule has 2 unspecified atom stereocenters. The minimum atomic E-state index is 0.112. The highest BCUT2D eigenvalue weighted by molar-refractivity contribution is 5.84. The average Bonchev–Trinajstić information content (AvgIpc) is 2.27. The fraction of sp³-hybridized carbons (Fsp3) is 0.750. The molecule has 1 aliphatic heterocycles. The molecule has 1 heterocycles. The van der Waals surface area contributed by atoms with Gasteiger partial charge in [-0.15, -0.1) is 0 Å². The van der Waals surface area contributed by atoms with Gasteiger partial charge in [-0.25, -0.2) is 0 Å². The monoisotopic (exact) mass is 153 g/mol. The Bertz CT molecular complexity index is 210. The van der Waals surface area contributed by atoms with Gasteiger partial charge in [-0.05, 0) is 11.8 Å². The minimum absolute atomic E-state index is 0.112. The van der Waals surface area contributed by atoms with Gasteiger partial charge < -0.3 is 5.32 Å². The Morgan fingerprint density at radius 2 is 1.82 bits per heavy atom. The molecule has 1 saturated heterocycles. The predicted octanol–water partition coefficient (Wildman–Crippen LogP) is 0.102. The zero-order valence-electron chi connectivity index (χ0n) is 6.30. The van der Waals surface area contributed by atoms with Gasteiger partial charge in [0.15, 0.2) is 0 Å². The van der Waals surface area contributed by atoms with Gasteiger partial charge in [-0.1, -0.05) is 0 Å². The van der Waals surface area contributed by atoms with Crippen LogP contribution in [0, 0.1) is 11.8 Å². The van der Waals surface area contributed by atoms with Gasteiger partial charge in [-0.3, -0.25) is 9.59 Å². The highest BCUT2D eigenvalue weighted by atomic mass is 16.1. The highest BCUT2D eigenvalue weighted by Crippen LogP contribution is 2.33. The number of hydrogen-bond donors (Lipinski definition) is 1. The fourth-order valence-corrected chi connectivity index (χ4v) is 2.03. The molecule has 0 aromatic rings. The van der Waals surface area contributed by atoms with Crippen LogP contribution in [0.3, 0.4) is 0 Å². The maximum Gasteiger partial charge on any atom is 0.220 e. The lowest BCUT2D eigenvalue weighted by Crippen LogP contribution is -2.38. The van der Waals surface area contributed by atoms with Crippen molar-refractivity contribution in [2.75, 3.05) is 6.54 Å². The van der Waals surface area contributed by atoms with E-state index in [0.717, 1.165) is 6.54 Å². The number of piperidine rings is 1. The van der Waals surface area contributed by atoms with Crippen molar-refractivity contribution in [3.8, 4) is 0 Å². The number of nitrogens with one attached hydrogen (secondary N) is 1. The molecule has 2 fully saturated rings. The first-order valence-corrected chi connectivity index (χ1v) is 4.04. The van der Waals surface area contributed by atoms with Crippen LogP contribution in [0.2, 0.25) is 0 Å². The van der Waals surface area contributed by atoms with Crippen molar-refractivity contribution in [3.05, 3.63) is 0 Å². The predicted molar refractivity (Wildman–Crippen MR) is 38.8 cm³/mol. The van der Waals surface area contributed by atoms with E-state index in [1.807, 2.05) is 0 Å². The summed E-state index contributed by atoms with van der Waals surface area (Å²) in [5, 5.41) is 2.78. The van der Waals surface area contributed by atoms with Crippen molar-refractivity contribution in [3.63, 3.8) is 0 Å². The summed E-state index contributed by atoms with van der Waals surface area (Å²) < 4.78 is 0. The van der Waals surface area contributed by atoms with Gasteiger partial charge in [0.25, 0.3) is 0 Å². The lowest BCUT2D eigenvalue weighted by atomic mass is 9.89. The molecule has 2 atom stereocenters. The first kappa shape index (κ1) is 6.83. The number of Topliss-reactive ketones (excluding diaryl/α,β-unsaturated/α-hetero) is 1. The highest BCUT2D eigenvalue weighted by Gasteiger charge is 2.36. The van der Waals surface area contributed by atoms with Crippen LogP contribution in [-0.4, -0.2) is 18.2 Å². The SMILES string of the molecule is O=C1CC2CNC(=O)CC2C1. The number of rotatable bonds is 0. The summed E-state index contributed by atoms with van der Waals surface area (Å²) in [6.45, 7) is 0.717. The van der Waals surface area contributed by atoms with Gasteiger partial charge in [0, 0.05) is 25.8 Å². The summed E-state index contributed by atoms with van der Waals surface area (Å²) in [5.41, 5.74) is 0. The second-order valence-electron chi connectivity index (χ2n) is 3.48. The molecule has 3 heteroatoms. The Hall–Kier alpha value is -0.860. The largest absolute Gasteiger partial charge is 0.356 e. The Kier molecular flexibility index (Phi) is 1.44. The standard InChI is InChI=1S/C8H11NO2/c10-7-1-5-3-8(11)9-4-6(5)2-7/h5-6H,1-4H2,(H,9,11). The molecule has 3 nitrogen and oxygen atoms in total. The topological polar surface area (TPSA) is 46.2 Å². The van der Waals surface area contributed by atoms with Crippen LogP contribution in [0.1, 0.15) is 19.3 Å². The molecule has 0 aromatic heterocycles. The van der Waals surface area contributed by atoms with Gasteiger partial charge in [-0.2, -0.15) is 0 Å². The summed E-state index contributed by atoms with van der Waals surface area (Å²) >= 11 is 0. The van der Waals surface area contributed by atoms with E-state index >= 15 is 0 Å². The number of amides is 1. The molecule has 1 amide bonds. The number of hydrogen-bond acceptors (Lipinski definition) is 2. The first-order valence-electron chi connectivity index (χ1n) is 4.04. The van der Waals surface area contributed by atoms with Crippen LogP contribution in [-0.2, 0) is 9.59 Å². The Morgan fingerprint density at radius 3 is 2.64 bits per heavy atom. The smallest absolute Gasteiger partial charge is 0.220 e. The molecule has 11 heavy (non-hydrogen) atoms. The molecule has 0 bridgehead atoms. The third kappa shape index (κ3) is 1.15. The van der Waals surface area contributed by atoms with E-state index in [9.17, 15) is 9.59 Å². The fourth-order valence-electron chi connectivity index (χ4n) is 2.03. The van der Waals surface area contributed by atoms with Crippen LogP contribution >= 0.6 is 0 Å². The zero-order valence-corrected chi connectivity index (χ0v) is 6.30. The molecular weight excluding hydrogens is 142 g/mol. The van der Waals surface area contributed by atoms with E-state index in [2.05, 4.69) is 5.32 Å². The molecule has 1 saturated carbocycles. The molecule has 0 spiro atoms. The van der Waals surface area contributed by atoms with Gasteiger partial charge in [0.2, 0.25) is 5.91 Å². The molecule has 2 rings (SSSR count). The zero-order chi connectivity index (χ0) is 7.84. The Labute approximate surface area is 65.2 Å². The van der Waals surface area contributed by atoms with Crippen molar-refractivity contribution < 1.29 is 9.59 Å². The van der Waals surface area contributed by atoms with E-state index < -0.39 is 0 Å². The van der Waals surface area contributed by atoms with E-state index in [1.165, 1.54) is 0 Å². The normalized spacial score (nSPS) is 36.7. The number of carbonyl (C=O) groups is 2. The van der Waals surface area contributed by atoms with Crippen molar-refractivity contribution in [1.29, 1.82) is 0 Å². The van der Waals surface area contributed by atoms with Crippen molar-refractivity contribution in [2.45, 2.75) is 19.3 Å². The molecule has 2 aliphatic rings. The van der Waals surface area contributed by atoms with Gasteiger partial charge in [0.1, 0.15) is 5.78 Å². The second kappa shape index (κ2) is 2.32. The quantitative estimate of drug-likeness (QED) is 0.536. The Balaban J connectivity index is 2.08. The van der Waals surface area contributed by atoms with Crippen LogP contribution in [0.15, 0.2) is 0 Å². The van der Waals surface area contributed by atoms with Crippen molar-refractivity contribution in [2.24, 2.45) is 11.8 Å². The van der Waals surface area contributed by atoms with Crippen molar-refractivity contribution in [1.82, 2.24) is 5.32 Å². The molecule has 1 aliphatic carbocycles. The summed E-state index contributed by atoms with van der Waals surface area (Å²) in [4.78, 5) is 21.9. The van der Waals surface area contributed by atoms with Crippen molar-refractivity contribution >= 4 is 11.7 Å².